The average molecular weight is 242 g/mol. The summed E-state index contributed by atoms with van der Waals surface area (Å²) in [5.41, 5.74) is 0. The molecular formula is Cu2FeNi. The Hall–Kier alpha value is 2.05. The van der Waals surface area contributed by atoms with Gasteiger partial charge in [0.2, 0.25) is 0 Å². The molecule has 4 heteroatoms. The maximum Gasteiger partial charge on any atom is 0 e. The van der Waals surface area contributed by atoms with E-state index in [9.17, 15) is 0 Å². The van der Waals surface area contributed by atoms with Crippen molar-refractivity contribution in [2.45, 2.75) is 0 Å². The molecule has 0 aliphatic carbocycles. The summed E-state index contributed by atoms with van der Waals surface area (Å²) in [6.07, 6.45) is 0. The first kappa shape index (κ1) is 36.7. The van der Waals surface area contributed by atoms with Gasteiger partial charge in [-0.3, -0.25) is 0 Å². The largest absolute Gasteiger partial charge is 0 e. The summed E-state index contributed by atoms with van der Waals surface area (Å²) in [4.78, 5) is 0. The molecule has 0 aromatic carbocycles. The van der Waals surface area contributed by atoms with Gasteiger partial charge in [0, 0.05) is 67.7 Å². The van der Waals surface area contributed by atoms with Gasteiger partial charge in [-0.1, -0.05) is 0 Å². The van der Waals surface area contributed by atoms with Gasteiger partial charge in [-0.15, -0.1) is 0 Å². The molecule has 0 fully saturated rings. The van der Waals surface area contributed by atoms with E-state index in [2.05, 4.69) is 0 Å². The normalized spacial score (nSPS) is 0. The number of rotatable bonds is 0. The second-order valence-electron chi connectivity index (χ2n) is 0. The van der Waals surface area contributed by atoms with Crippen molar-refractivity contribution in [3.63, 3.8) is 0 Å². The molecule has 0 bridgehead atoms. The Balaban J connectivity index is 0. The van der Waals surface area contributed by atoms with Crippen molar-refractivity contribution < 1.29 is 67.7 Å². The number of hydrogen-bond donors (Lipinski definition) is 0. The Morgan fingerprint density at radius 2 is 0.750 bits per heavy atom. The molecule has 0 aromatic heterocycles. The molecule has 0 atom stereocenters. The standard InChI is InChI=1S/2Cu.Fe.Ni. The topological polar surface area (TPSA) is 0 Å². The minimum Gasteiger partial charge on any atom is 0 e. The Morgan fingerprint density at radius 3 is 0.750 bits per heavy atom. The summed E-state index contributed by atoms with van der Waals surface area (Å²) < 4.78 is 0. The summed E-state index contributed by atoms with van der Waals surface area (Å²) in [6.45, 7) is 0. The first-order valence-corrected chi connectivity index (χ1v) is 0. The van der Waals surface area contributed by atoms with E-state index in [0.29, 0.717) is 0 Å². The minimum absolute atomic E-state index is 0. The maximum absolute atomic E-state index is 0. The van der Waals surface area contributed by atoms with Crippen molar-refractivity contribution >= 4 is 0 Å². The van der Waals surface area contributed by atoms with Gasteiger partial charge in [0.05, 0.1) is 0 Å². The second kappa shape index (κ2) is 19.7. The molecule has 0 nitrogen and oxygen atoms in total. The molecule has 0 N–H and O–H groups in total. The molecule has 0 spiro atoms. The third-order valence-electron chi connectivity index (χ3n) is 0. The fourth-order valence-corrected chi connectivity index (χ4v) is 0. The Labute approximate surface area is 67.2 Å². The van der Waals surface area contributed by atoms with Gasteiger partial charge in [0.1, 0.15) is 0 Å². The van der Waals surface area contributed by atoms with Crippen LogP contribution in [0.4, 0.5) is 0 Å². The zero-order chi connectivity index (χ0) is 0. The third kappa shape index (κ3) is 8.96. The van der Waals surface area contributed by atoms with Gasteiger partial charge in [-0.25, -0.2) is 0 Å². The van der Waals surface area contributed by atoms with E-state index in [-0.39, 0.29) is 67.7 Å². The monoisotopic (exact) mass is 240 g/mol. The molecule has 0 saturated carbocycles. The Bertz CT molecular complexity index is 6.00. The minimum atomic E-state index is 0. The Morgan fingerprint density at radius 1 is 0.750 bits per heavy atom. The van der Waals surface area contributed by atoms with Crippen LogP contribution in [-0.4, -0.2) is 0 Å². The van der Waals surface area contributed by atoms with Crippen LogP contribution in [0.3, 0.4) is 0 Å². The van der Waals surface area contributed by atoms with Crippen molar-refractivity contribution in [2.75, 3.05) is 0 Å². The molecule has 0 aliphatic rings. The van der Waals surface area contributed by atoms with E-state index in [1.165, 1.54) is 0 Å². The third-order valence-corrected chi connectivity index (χ3v) is 0. The van der Waals surface area contributed by atoms with Gasteiger partial charge in [-0.05, 0) is 0 Å². The summed E-state index contributed by atoms with van der Waals surface area (Å²) in [7, 11) is 0. The van der Waals surface area contributed by atoms with Crippen LogP contribution in [0.5, 0.6) is 0 Å². The van der Waals surface area contributed by atoms with E-state index in [1.54, 1.807) is 0 Å². The molecule has 4 heavy (non-hydrogen) atoms. The molecule has 0 aliphatic heterocycles. The van der Waals surface area contributed by atoms with Gasteiger partial charge in [0.15, 0.2) is 0 Å². The first-order chi connectivity index (χ1) is 0. The van der Waals surface area contributed by atoms with Crippen LogP contribution in [0.15, 0.2) is 0 Å². The molecule has 2 radical (unpaired) electrons. The zero-order valence-electron chi connectivity index (χ0n) is 1.27. The maximum atomic E-state index is 0. The van der Waals surface area contributed by atoms with E-state index in [4.69, 9.17) is 0 Å². The molecule has 0 unspecified atom stereocenters. The summed E-state index contributed by atoms with van der Waals surface area (Å²) in [5, 5.41) is 0. The van der Waals surface area contributed by atoms with E-state index < -0.39 is 0 Å². The van der Waals surface area contributed by atoms with Crippen molar-refractivity contribution in [3.8, 4) is 0 Å². The van der Waals surface area contributed by atoms with Crippen LogP contribution in [-0.2, 0) is 67.7 Å². The summed E-state index contributed by atoms with van der Waals surface area (Å²) in [5.74, 6) is 0. The average Bonchev–Trinajstić information content (AvgIpc) is 0. The van der Waals surface area contributed by atoms with Crippen molar-refractivity contribution in [2.24, 2.45) is 0 Å². The van der Waals surface area contributed by atoms with Gasteiger partial charge in [-0.2, -0.15) is 0 Å². The van der Waals surface area contributed by atoms with Crippen molar-refractivity contribution in [1.82, 2.24) is 0 Å². The molecule has 0 heterocycles. The second-order valence-corrected chi connectivity index (χ2v) is 0. The fourth-order valence-electron chi connectivity index (χ4n) is 0. The number of hydrogen-bond acceptors (Lipinski definition) is 0. The van der Waals surface area contributed by atoms with Crippen LogP contribution < -0.4 is 0 Å². The van der Waals surface area contributed by atoms with E-state index in [1.807, 2.05) is 0 Å². The van der Waals surface area contributed by atoms with Crippen molar-refractivity contribution in [3.05, 3.63) is 0 Å². The van der Waals surface area contributed by atoms with Crippen molar-refractivity contribution in [1.29, 1.82) is 0 Å². The van der Waals surface area contributed by atoms with Gasteiger partial charge in [0.25, 0.3) is 0 Å². The SMILES string of the molecule is [Cu].[Cu].[Fe].[Ni]. The van der Waals surface area contributed by atoms with E-state index in [0.717, 1.165) is 0 Å². The van der Waals surface area contributed by atoms with Gasteiger partial charge >= 0.3 is 0 Å². The molecule has 40 valence electrons. The predicted molar refractivity (Wildman–Crippen MR) is 0 cm³/mol. The molecular weight excluding hydrogens is 242 g/mol. The first-order valence-electron chi connectivity index (χ1n) is 0. The molecule has 0 amide bonds. The molecule has 0 saturated heterocycles. The fraction of sp³-hybridized carbons (Fsp3) is 0. The van der Waals surface area contributed by atoms with E-state index >= 15 is 0 Å². The quantitative estimate of drug-likeness (QED) is 0.524. The van der Waals surface area contributed by atoms with Crippen LogP contribution in [0.25, 0.3) is 0 Å². The summed E-state index contributed by atoms with van der Waals surface area (Å²) >= 11 is 0. The predicted octanol–water partition coefficient (Wildman–Crippen LogP) is -0.0100. The smallest absolute Gasteiger partial charge is 0 e. The van der Waals surface area contributed by atoms with Crippen LogP contribution >= 0.6 is 0 Å². The van der Waals surface area contributed by atoms with Crippen LogP contribution in [0.1, 0.15) is 0 Å². The Kier molecular flexibility index (Phi) is 181. The zero-order valence-corrected chi connectivity index (χ0v) is 5.25. The van der Waals surface area contributed by atoms with Crippen LogP contribution in [0, 0.1) is 0 Å². The van der Waals surface area contributed by atoms with Gasteiger partial charge < -0.3 is 0 Å². The molecule has 0 aromatic rings. The summed E-state index contributed by atoms with van der Waals surface area (Å²) in [6, 6.07) is 0. The molecule has 0 rings (SSSR count). The van der Waals surface area contributed by atoms with Crippen LogP contribution in [0.2, 0.25) is 0 Å².